The maximum atomic E-state index is 4.39. The molecule has 0 atom stereocenters. The minimum absolute atomic E-state index is 0.0639. The largest absolute Gasteiger partial charge is 0.309 e. The number of allylic oxidation sites excluding steroid dienone is 4. The fraction of sp³-hybridized carbons (Fsp3) is 0.185. The third-order valence-electron chi connectivity index (χ3n) is 20.0. The summed E-state index contributed by atoms with van der Waals surface area (Å²) in [6.45, 7) is 30.2. The van der Waals surface area contributed by atoms with Crippen molar-refractivity contribution in [1.82, 2.24) is 8.80 Å². The third kappa shape index (κ3) is 6.97. The van der Waals surface area contributed by atoms with Gasteiger partial charge in [0.05, 0.1) is 55.9 Å². The minimum Gasteiger partial charge on any atom is -0.309 e. The van der Waals surface area contributed by atoms with Crippen LogP contribution in [0.25, 0.3) is 92.9 Å². The van der Waals surface area contributed by atoms with Gasteiger partial charge in [0.15, 0.2) is 0 Å². The molecule has 0 aliphatic heterocycles. The van der Waals surface area contributed by atoms with E-state index < -0.39 is 0 Å². The van der Waals surface area contributed by atoms with Gasteiger partial charge in [0.25, 0.3) is 0 Å². The summed E-state index contributed by atoms with van der Waals surface area (Å²) in [6, 6.07) is 76.3. The molecule has 4 heteroatoms. The molecule has 0 saturated heterocycles. The van der Waals surface area contributed by atoms with Crippen LogP contribution in [0.3, 0.4) is 0 Å². The van der Waals surface area contributed by atoms with Gasteiger partial charge in [0, 0.05) is 76.4 Å². The molecule has 4 nitrogen and oxygen atoms in total. The second-order valence-corrected chi connectivity index (χ2v) is 27.4. The standard InChI is InChI=1S/C81H70N4/c1-13-25-66(72-48(2)80(9,10)61-32-22-20-30-55(61)72)82(51-26-16-14-17-27-51)68-42-38-53-57-46-71-58(47-70(57)84-64-40-36-49(78(3,4)5)44-59(64)74(68)76(53)84)54-39-43-69(75-60-45-50(79(6,7)8)37-41-65(60)85(71)77(54)75)83(52-28-18-15-19-29-52)67-35-24-34-63-73(67)56-31-21-23-33-62(56)81(63,11)12/h13-47H,1H2,2-12H3/b66-25+. The lowest BCUT2D eigenvalue weighted by Gasteiger charge is -2.31. The Morgan fingerprint density at radius 2 is 0.929 bits per heavy atom. The Hall–Kier alpha value is -9.38. The van der Waals surface area contributed by atoms with Crippen LogP contribution in [0.15, 0.2) is 230 Å². The summed E-state index contributed by atoms with van der Waals surface area (Å²) in [5.41, 5.74) is 26.9. The van der Waals surface area contributed by atoms with Crippen molar-refractivity contribution in [3.8, 4) is 11.1 Å². The first kappa shape index (κ1) is 51.3. The number of aromatic nitrogens is 2. The van der Waals surface area contributed by atoms with Crippen molar-refractivity contribution in [2.75, 3.05) is 9.80 Å². The molecule has 16 rings (SSSR count). The number of hydrogen-bond acceptors (Lipinski definition) is 2. The van der Waals surface area contributed by atoms with Crippen LogP contribution in [0.5, 0.6) is 0 Å². The van der Waals surface area contributed by atoms with Crippen LogP contribution in [0.2, 0.25) is 0 Å². The second-order valence-electron chi connectivity index (χ2n) is 27.4. The smallest absolute Gasteiger partial charge is 0.0641 e. The molecule has 85 heavy (non-hydrogen) atoms. The Kier molecular flexibility index (Phi) is 10.6. The van der Waals surface area contributed by atoms with Crippen LogP contribution >= 0.6 is 0 Å². The minimum atomic E-state index is -0.157. The molecule has 2 aliphatic rings. The zero-order chi connectivity index (χ0) is 58.4. The van der Waals surface area contributed by atoms with Gasteiger partial charge in [-0.05, 0) is 142 Å². The van der Waals surface area contributed by atoms with Crippen molar-refractivity contribution >= 4 is 110 Å². The van der Waals surface area contributed by atoms with Crippen LogP contribution < -0.4 is 9.80 Å². The molecule has 0 bridgehead atoms. The molecule has 0 N–H and O–H groups in total. The number of nitrogens with zero attached hydrogens (tertiary/aromatic N) is 4. The predicted octanol–water partition coefficient (Wildman–Crippen LogP) is 22.3. The van der Waals surface area contributed by atoms with Crippen LogP contribution in [-0.4, -0.2) is 8.80 Å². The SMILES string of the molecule is C=C/C=C(\C1=C(C)C(C)(C)c2ccccc21)N(c1ccccc1)c1ccc2c3cc4c(cc3n3c5ccc(C(C)(C)C)cc5c1c23)c1ccc(N(c2ccccc2)c2cccc3c2-c2ccccc2C3(C)C)c2c3cc(C(C)(C)C)ccc3n4c12. The quantitative estimate of drug-likeness (QED) is 0.141. The molecule has 0 unspecified atom stereocenters. The molecular formula is C81H70N4. The Balaban J connectivity index is 1.01. The molecule has 10 aromatic carbocycles. The van der Waals surface area contributed by atoms with Crippen LogP contribution in [-0.2, 0) is 21.7 Å². The Morgan fingerprint density at radius 3 is 1.49 bits per heavy atom. The number of hydrogen-bond donors (Lipinski definition) is 0. The lowest BCUT2D eigenvalue weighted by Crippen LogP contribution is -2.19. The van der Waals surface area contributed by atoms with E-state index in [1.165, 1.54) is 143 Å². The van der Waals surface area contributed by atoms with Gasteiger partial charge in [-0.3, -0.25) is 0 Å². The van der Waals surface area contributed by atoms with Gasteiger partial charge < -0.3 is 18.6 Å². The van der Waals surface area contributed by atoms with Gasteiger partial charge in [-0.25, -0.2) is 0 Å². The molecule has 0 saturated carbocycles. The van der Waals surface area contributed by atoms with Crippen molar-refractivity contribution < 1.29 is 0 Å². The zero-order valence-electron chi connectivity index (χ0n) is 50.7. The van der Waals surface area contributed by atoms with Gasteiger partial charge in [-0.2, -0.15) is 0 Å². The van der Waals surface area contributed by atoms with Crippen molar-refractivity contribution in [3.05, 3.63) is 264 Å². The number of anilines is 5. The molecule has 4 aromatic heterocycles. The van der Waals surface area contributed by atoms with Crippen LogP contribution in [0.1, 0.15) is 110 Å². The highest BCUT2D eigenvalue weighted by atomic mass is 15.2. The van der Waals surface area contributed by atoms with E-state index in [2.05, 4.69) is 308 Å². The molecular weight excluding hydrogens is 1030 g/mol. The second kappa shape index (κ2) is 17.6. The van der Waals surface area contributed by atoms with Crippen molar-refractivity contribution in [2.45, 2.75) is 97.8 Å². The third-order valence-corrected chi connectivity index (χ3v) is 20.0. The highest BCUT2D eigenvalue weighted by Gasteiger charge is 2.40. The van der Waals surface area contributed by atoms with Gasteiger partial charge >= 0.3 is 0 Å². The molecule has 14 aromatic rings. The molecule has 0 fully saturated rings. The molecule has 0 radical (unpaired) electrons. The first-order valence-electron chi connectivity index (χ1n) is 30.4. The topological polar surface area (TPSA) is 15.3 Å². The first-order chi connectivity index (χ1) is 40.9. The number of rotatable bonds is 8. The van der Waals surface area contributed by atoms with E-state index in [-0.39, 0.29) is 21.7 Å². The van der Waals surface area contributed by atoms with E-state index in [4.69, 9.17) is 0 Å². The van der Waals surface area contributed by atoms with E-state index in [0.717, 1.165) is 22.8 Å². The summed E-state index contributed by atoms with van der Waals surface area (Å²) in [5.74, 6) is 0. The normalized spacial score (nSPS) is 15.0. The fourth-order valence-electron chi connectivity index (χ4n) is 15.4. The van der Waals surface area contributed by atoms with E-state index >= 15 is 0 Å². The fourth-order valence-corrected chi connectivity index (χ4v) is 15.4. The Morgan fingerprint density at radius 1 is 0.435 bits per heavy atom. The van der Waals surface area contributed by atoms with Crippen LogP contribution in [0.4, 0.5) is 28.4 Å². The van der Waals surface area contributed by atoms with Gasteiger partial charge in [0.2, 0.25) is 0 Å². The maximum absolute atomic E-state index is 4.39. The average Bonchev–Trinajstić information content (AvgIpc) is 1.53. The lowest BCUT2D eigenvalue weighted by atomic mass is 9.82. The molecule has 0 spiro atoms. The summed E-state index contributed by atoms with van der Waals surface area (Å²) in [5, 5.41) is 10.00. The van der Waals surface area contributed by atoms with E-state index in [0.29, 0.717) is 0 Å². The van der Waals surface area contributed by atoms with Crippen molar-refractivity contribution in [3.63, 3.8) is 0 Å². The summed E-state index contributed by atoms with van der Waals surface area (Å²) in [4.78, 5) is 5.09. The van der Waals surface area contributed by atoms with Crippen molar-refractivity contribution in [1.29, 1.82) is 0 Å². The zero-order valence-corrected chi connectivity index (χ0v) is 50.7. The predicted molar refractivity (Wildman–Crippen MR) is 364 cm³/mol. The molecule has 0 amide bonds. The highest BCUT2D eigenvalue weighted by molar-refractivity contribution is 6.32. The van der Waals surface area contributed by atoms with Crippen LogP contribution in [0, 0.1) is 0 Å². The number of benzene rings is 10. The molecule has 2 aliphatic carbocycles. The summed E-state index contributed by atoms with van der Waals surface area (Å²) < 4.78 is 5.21. The van der Waals surface area contributed by atoms with E-state index in [1.54, 1.807) is 0 Å². The van der Waals surface area contributed by atoms with E-state index in [1.807, 2.05) is 6.08 Å². The number of fused-ring (bicyclic) bond motifs is 16. The van der Waals surface area contributed by atoms with Gasteiger partial charge in [0.1, 0.15) is 0 Å². The monoisotopic (exact) mass is 1100 g/mol. The Bertz CT molecular complexity index is 5220. The lowest BCUT2D eigenvalue weighted by molar-refractivity contribution is 0.591. The Labute approximate surface area is 498 Å². The summed E-state index contributed by atoms with van der Waals surface area (Å²) in [6.07, 6.45) is 4.21. The first-order valence-corrected chi connectivity index (χ1v) is 30.4. The average molecular weight is 1100 g/mol. The van der Waals surface area contributed by atoms with Gasteiger partial charge in [-0.15, -0.1) is 0 Å². The van der Waals surface area contributed by atoms with Gasteiger partial charge in [-0.1, -0.05) is 209 Å². The van der Waals surface area contributed by atoms with E-state index in [9.17, 15) is 0 Å². The molecule has 4 heterocycles. The number of para-hydroxylation sites is 2. The molecule has 414 valence electrons. The maximum Gasteiger partial charge on any atom is 0.0641 e. The van der Waals surface area contributed by atoms with Crippen molar-refractivity contribution in [2.24, 2.45) is 0 Å². The highest BCUT2D eigenvalue weighted by Crippen LogP contribution is 2.58. The summed E-state index contributed by atoms with van der Waals surface area (Å²) >= 11 is 0. The summed E-state index contributed by atoms with van der Waals surface area (Å²) in [7, 11) is 0.